The largest absolute Gasteiger partial charge is 0.379 e. The summed E-state index contributed by atoms with van der Waals surface area (Å²) in [6.07, 6.45) is 0. The summed E-state index contributed by atoms with van der Waals surface area (Å²) in [5.41, 5.74) is 5.64. The first-order chi connectivity index (χ1) is 18.5. The average Bonchev–Trinajstić information content (AvgIpc) is 3.28. The Kier molecular flexibility index (Phi) is 7.86. The lowest BCUT2D eigenvalue weighted by Crippen LogP contribution is -2.44. The normalized spacial score (nSPS) is 16.7. The highest BCUT2D eigenvalue weighted by molar-refractivity contribution is 6.37. The third-order valence-corrected chi connectivity index (χ3v) is 6.94. The van der Waals surface area contributed by atoms with E-state index in [9.17, 15) is 9.59 Å². The van der Waals surface area contributed by atoms with Crippen molar-refractivity contribution in [1.82, 2.24) is 4.90 Å². The molecule has 38 heavy (non-hydrogen) atoms. The number of anilines is 3. The van der Waals surface area contributed by atoms with Gasteiger partial charge in [-0.1, -0.05) is 62.4 Å². The van der Waals surface area contributed by atoms with Crippen molar-refractivity contribution in [3.8, 4) is 0 Å². The molecule has 0 spiro atoms. The highest BCUT2D eigenvalue weighted by Crippen LogP contribution is 2.37. The molecule has 0 unspecified atom stereocenters. The van der Waals surface area contributed by atoms with Gasteiger partial charge in [-0.25, -0.2) is 0 Å². The van der Waals surface area contributed by atoms with Crippen LogP contribution in [0.5, 0.6) is 0 Å². The highest BCUT2D eigenvalue weighted by atomic mass is 16.5. The van der Waals surface area contributed by atoms with Gasteiger partial charge in [0, 0.05) is 54.7 Å². The van der Waals surface area contributed by atoms with E-state index >= 15 is 0 Å². The fourth-order valence-corrected chi connectivity index (χ4v) is 4.86. The topological polar surface area (TPSA) is 73.9 Å². The van der Waals surface area contributed by atoms with Gasteiger partial charge in [0.05, 0.1) is 24.5 Å². The summed E-state index contributed by atoms with van der Waals surface area (Å²) in [6.45, 7) is 8.55. The van der Waals surface area contributed by atoms with Crippen molar-refractivity contribution in [2.75, 3.05) is 54.9 Å². The molecule has 0 bridgehead atoms. The van der Waals surface area contributed by atoms with Gasteiger partial charge in [0.25, 0.3) is 5.91 Å². The predicted molar refractivity (Wildman–Crippen MR) is 153 cm³/mol. The molecule has 196 valence electrons. The van der Waals surface area contributed by atoms with Crippen molar-refractivity contribution >= 4 is 40.1 Å². The molecule has 1 fully saturated rings. The maximum absolute atomic E-state index is 13.1. The fourth-order valence-electron chi connectivity index (χ4n) is 4.86. The minimum Gasteiger partial charge on any atom is -0.379 e. The van der Waals surface area contributed by atoms with Gasteiger partial charge in [-0.15, -0.1) is 0 Å². The fraction of sp³-hybridized carbons (Fsp3) is 0.290. The highest BCUT2D eigenvalue weighted by Gasteiger charge is 2.28. The first kappa shape index (κ1) is 25.7. The summed E-state index contributed by atoms with van der Waals surface area (Å²) in [7, 11) is 0. The smallest absolute Gasteiger partial charge is 0.258 e. The number of fused-ring (bicyclic) bond motifs is 1. The molecule has 0 aromatic heterocycles. The molecule has 2 heterocycles. The molecule has 0 atom stereocenters. The van der Waals surface area contributed by atoms with Crippen molar-refractivity contribution in [3.05, 3.63) is 90.0 Å². The Balaban J connectivity index is 1.42. The van der Waals surface area contributed by atoms with E-state index in [-0.39, 0.29) is 17.7 Å². The number of morpholine rings is 1. The van der Waals surface area contributed by atoms with Gasteiger partial charge in [0.2, 0.25) is 5.91 Å². The second kappa shape index (κ2) is 11.6. The van der Waals surface area contributed by atoms with Gasteiger partial charge in [-0.3, -0.25) is 14.5 Å². The summed E-state index contributed by atoms with van der Waals surface area (Å²) >= 11 is 0. The number of amides is 2. The van der Waals surface area contributed by atoms with Gasteiger partial charge in [0.15, 0.2) is 0 Å². The van der Waals surface area contributed by atoms with Crippen LogP contribution in [0.2, 0.25) is 0 Å². The second-order valence-corrected chi connectivity index (χ2v) is 9.89. The molecule has 0 radical (unpaired) electrons. The number of nitrogens with one attached hydrogen (secondary N) is 2. The molecular weight excluding hydrogens is 476 g/mol. The first-order valence-electron chi connectivity index (χ1n) is 13.2. The van der Waals surface area contributed by atoms with Crippen molar-refractivity contribution in [2.24, 2.45) is 5.92 Å². The zero-order valence-electron chi connectivity index (χ0n) is 21.9. The monoisotopic (exact) mass is 510 g/mol. The summed E-state index contributed by atoms with van der Waals surface area (Å²) in [5, 5.41) is 6.48. The molecule has 2 aliphatic rings. The Morgan fingerprint density at radius 1 is 0.974 bits per heavy atom. The second-order valence-electron chi connectivity index (χ2n) is 9.89. The zero-order chi connectivity index (χ0) is 26.5. The molecule has 2 N–H and O–H groups in total. The van der Waals surface area contributed by atoms with Crippen molar-refractivity contribution in [2.45, 2.75) is 13.8 Å². The number of hydrogen-bond donors (Lipinski definition) is 2. The lowest BCUT2D eigenvalue weighted by molar-refractivity contribution is -0.121. The number of nitrogens with zero attached hydrogens (tertiary/aromatic N) is 2. The maximum atomic E-state index is 13.1. The Morgan fingerprint density at radius 3 is 2.37 bits per heavy atom. The minimum atomic E-state index is -0.133. The third-order valence-electron chi connectivity index (χ3n) is 6.94. The number of hydrogen-bond acceptors (Lipinski definition) is 5. The predicted octanol–water partition coefficient (Wildman–Crippen LogP) is 4.94. The number of benzene rings is 3. The van der Waals surface area contributed by atoms with Gasteiger partial charge < -0.3 is 20.3 Å². The van der Waals surface area contributed by atoms with Crippen LogP contribution in [0.3, 0.4) is 0 Å². The van der Waals surface area contributed by atoms with E-state index in [0.717, 1.165) is 66.7 Å². The van der Waals surface area contributed by atoms with Crippen molar-refractivity contribution in [3.63, 3.8) is 0 Å². The van der Waals surface area contributed by atoms with E-state index in [4.69, 9.17) is 4.74 Å². The van der Waals surface area contributed by atoms with Crippen LogP contribution >= 0.6 is 0 Å². The number of carbonyl (C=O) groups is 2. The average molecular weight is 511 g/mol. The van der Waals surface area contributed by atoms with E-state index in [1.165, 1.54) is 0 Å². The van der Waals surface area contributed by atoms with Gasteiger partial charge >= 0.3 is 0 Å². The molecule has 3 aromatic rings. The van der Waals surface area contributed by atoms with Crippen LogP contribution in [0.1, 0.15) is 25.0 Å². The number of ether oxygens (including phenoxy) is 1. The Hall–Kier alpha value is -3.94. The molecule has 0 aliphatic carbocycles. The van der Waals surface area contributed by atoms with Crippen LogP contribution in [0.25, 0.3) is 11.3 Å². The van der Waals surface area contributed by atoms with Gasteiger partial charge in [-0.2, -0.15) is 0 Å². The Morgan fingerprint density at radius 2 is 1.66 bits per heavy atom. The van der Waals surface area contributed by atoms with E-state index in [1.54, 1.807) is 0 Å². The molecule has 7 nitrogen and oxygen atoms in total. The molecule has 0 saturated carbocycles. The Bertz CT molecular complexity index is 1310. The number of rotatable bonds is 8. The lowest BCUT2D eigenvalue weighted by Gasteiger charge is -2.31. The summed E-state index contributed by atoms with van der Waals surface area (Å²) in [6, 6.07) is 25.5. The summed E-state index contributed by atoms with van der Waals surface area (Å²) in [4.78, 5) is 30.4. The van der Waals surface area contributed by atoms with Crippen LogP contribution in [0.15, 0.2) is 78.9 Å². The van der Waals surface area contributed by atoms with E-state index in [1.807, 2.05) is 97.6 Å². The first-order valence-corrected chi connectivity index (χ1v) is 13.2. The molecule has 5 rings (SSSR count). The van der Waals surface area contributed by atoms with Gasteiger partial charge in [-0.05, 0) is 35.9 Å². The number of carbonyl (C=O) groups excluding carboxylic acids is 2. The van der Waals surface area contributed by atoms with Crippen LogP contribution in [0, 0.1) is 5.92 Å². The Labute approximate surface area is 224 Å². The van der Waals surface area contributed by atoms with E-state index < -0.39 is 0 Å². The molecule has 3 aromatic carbocycles. The van der Waals surface area contributed by atoms with Gasteiger partial charge in [0.1, 0.15) is 0 Å². The van der Waals surface area contributed by atoms with Crippen molar-refractivity contribution in [1.29, 1.82) is 0 Å². The van der Waals surface area contributed by atoms with Crippen LogP contribution in [-0.4, -0.2) is 56.1 Å². The lowest BCUT2D eigenvalue weighted by atomic mass is 10.00. The SMILES string of the molecule is CC(C)C(=O)N(CCN1CCOCC1)c1ccc(N/C(=C2\C(=O)Nc3ccccc32)c2ccccc2)cc1. The van der Waals surface area contributed by atoms with E-state index in [2.05, 4.69) is 15.5 Å². The standard InChI is InChI=1S/C31H34N4O3/c1-22(2)31(37)35(17-16-34-18-20-38-21-19-34)25-14-12-24(13-15-25)32-29(23-8-4-3-5-9-23)28-26-10-6-7-11-27(26)33-30(28)36/h3-15,22,32H,16-21H2,1-2H3,(H,33,36)/b29-28-. The summed E-state index contributed by atoms with van der Waals surface area (Å²) < 4.78 is 5.46. The van der Waals surface area contributed by atoms with Crippen LogP contribution in [-0.2, 0) is 14.3 Å². The summed E-state index contributed by atoms with van der Waals surface area (Å²) in [5.74, 6) is -0.135. The quantitative estimate of drug-likeness (QED) is 0.420. The van der Waals surface area contributed by atoms with E-state index in [0.29, 0.717) is 12.1 Å². The zero-order valence-corrected chi connectivity index (χ0v) is 21.9. The molecule has 2 amide bonds. The molecular formula is C31H34N4O3. The molecule has 1 saturated heterocycles. The number of para-hydroxylation sites is 1. The van der Waals surface area contributed by atoms with Crippen LogP contribution < -0.4 is 15.5 Å². The molecule has 7 heteroatoms. The van der Waals surface area contributed by atoms with Crippen LogP contribution in [0.4, 0.5) is 17.1 Å². The third kappa shape index (κ3) is 5.64. The maximum Gasteiger partial charge on any atom is 0.258 e. The minimum absolute atomic E-state index is 0.102. The molecule has 2 aliphatic heterocycles. The van der Waals surface area contributed by atoms with Crippen molar-refractivity contribution < 1.29 is 14.3 Å².